The standard InChI is InChI=1S/C15H20FNO4S/c1-9-7-10(16)3-4-13(9)22(18,19)17-14-11-5-6-21-15(11)12(14)8-20-2/h3-4,7,11-12,14-15,17H,5-6,8H2,1-2H3/t11-,12+,14+,15-/m0/s1. The van der Waals surface area contributed by atoms with Gasteiger partial charge in [-0.05, 0) is 37.1 Å². The maximum absolute atomic E-state index is 13.2. The summed E-state index contributed by atoms with van der Waals surface area (Å²) in [6.45, 7) is 2.70. The molecular formula is C15H20FNO4S. The molecule has 4 atom stereocenters. The second kappa shape index (κ2) is 5.88. The number of ether oxygens (including phenoxy) is 2. The van der Waals surface area contributed by atoms with Gasteiger partial charge in [-0.1, -0.05) is 0 Å². The van der Waals surface area contributed by atoms with E-state index in [1.807, 2.05) is 0 Å². The van der Waals surface area contributed by atoms with Gasteiger partial charge in [0.2, 0.25) is 10.0 Å². The third kappa shape index (κ3) is 2.67. The maximum Gasteiger partial charge on any atom is 0.241 e. The number of rotatable bonds is 5. The van der Waals surface area contributed by atoms with Crippen LogP contribution in [0.25, 0.3) is 0 Å². The Hall–Kier alpha value is -1.02. The summed E-state index contributed by atoms with van der Waals surface area (Å²) >= 11 is 0. The summed E-state index contributed by atoms with van der Waals surface area (Å²) in [4.78, 5) is 0.118. The molecule has 0 radical (unpaired) electrons. The lowest BCUT2D eigenvalue weighted by Gasteiger charge is -2.47. The van der Waals surface area contributed by atoms with E-state index in [0.717, 1.165) is 12.5 Å². The first-order valence-electron chi connectivity index (χ1n) is 7.33. The third-order valence-corrected chi connectivity index (χ3v) is 6.22. The van der Waals surface area contributed by atoms with E-state index in [2.05, 4.69) is 4.72 Å². The zero-order chi connectivity index (χ0) is 15.9. The molecule has 3 rings (SSSR count). The van der Waals surface area contributed by atoms with Gasteiger partial charge < -0.3 is 9.47 Å². The number of sulfonamides is 1. The molecule has 1 saturated carbocycles. The molecule has 0 aromatic heterocycles. The Morgan fingerprint density at radius 3 is 2.91 bits per heavy atom. The van der Waals surface area contributed by atoms with E-state index in [-0.39, 0.29) is 28.9 Å². The first kappa shape index (κ1) is 15.9. The Kier molecular flexibility index (Phi) is 4.24. The lowest BCUT2D eigenvalue weighted by molar-refractivity contribution is -0.0775. The van der Waals surface area contributed by atoms with Gasteiger partial charge in [0, 0.05) is 31.6 Å². The Bertz CT molecular complexity index is 664. The summed E-state index contributed by atoms with van der Waals surface area (Å²) in [6.07, 6.45) is 0.919. The number of nitrogens with one attached hydrogen (secondary N) is 1. The molecule has 122 valence electrons. The van der Waals surface area contributed by atoms with Gasteiger partial charge in [0.05, 0.1) is 17.6 Å². The van der Waals surface area contributed by atoms with E-state index < -0.39 is 15.8 Å². The fraction of sp³-hybridized carbons (Fsp3) is 0.600. The van der Waals surface area contributed by atoms with Crippen molar-refractivity contribution < 1.29 is 22.3 Å². The SMILES string of the molecule is COC[C@@H]1[C@H](NS(=O)(=O)c2ccc(F)cc2C)[C@@H]2CCO[C@H]12. The Balaban J connectivity index is 1.81. The van der Waals surface area contributed by atoms with Crippen LogP contribution in [0.3, 0.4) is 0 Å². The third-order valence-electron chi connectivity index (χ3n) is 4.60. The zero-order valence-electron chi connectivity index (χ0n) is 12.6. The summed E-state index contributed by atoms with van der Waals surface area (Å²) in [7, 11) is -2.09. The van der Waals surface area contributed by atoms with Gasteiger partial charge in [0.15, 0.2) is 0 Å². The minimum absolute atomic E-state index is 0.0213. The molecule has 5 nitrogen and oxygen atoms in total. The van der Waals surface area contributed by atoms with Gasteiger partial charge in [-0.3, -0.25) is 0 Å². The van der Waals surface area contributed by atoms with E-state index in [0.29, 0.717) is 18.8 Å². The quantitative estimate of drug-likeness (QED) is 0.888. The highest BCUT2D eigenvalue weighted by molar-refractivity contribution is 7.89. The van der Waals surface area contributed by atoms with Crippen molar-refractivity contribution in [3.8, 4) is 0 Å². The second-order valence-electron chi connectivity index (χ2n) is 5.96. The molecule has 1 aromatic rings. The fourth-order valence-electron chi connectivity index (χ4n) is 3.55. The first-order chi connectivity index (χ1) is 10.4. The van der Waals surface area contributed by atoms with Crippen LogP contribution >= 0.6 is 0 Å². The smallest absolute Gasteiger partial charge is 0.241 e. The van der Waals surface area contributed by atoms with Gasteiger partial charge in [0.25, 0.3) is 0 Å². The average molecular weight is 329 g/mol. The lowest BCUT2D eigenvalue weighted by Crippen LogP contribution is -2.62. The summed E-state index contributed by atoms with van der Waals surface area (Å²) in [6, 6.07) is 3.50. The van der Waals surface area contributed by atoms with Crippen LogP contribution in [0.15, 0.2) is 23.1 Å². The van der Waals surface area contributed by atoms with Crippen molar-refractivity contribution in [3.05, 3.63) is 29.6 Å². The van der Waals surface area contributed by atoms with Crippen LogP contribution in [0.2, 0.25) is 0 Å². The zero-order valence-corrected chi connectivity index (χ0v) is 13.4. The highest BCUT2D eigenvalue weighted by atomic mass is 32.2. The van der Waals surface area contributed by atoms with Crippen LogP contribution < -0.4 is 4.72 Å². The normalized spacial score (nSPS) is 30.9. The average Bonchev–Trinajstić information content (AvgIpc) is 2.86. The molecule has 0 bridgehead atoms. The Morgan fingerprint density at radius 1 is 1.45 bits per heavy atom. The van der Waals surface area contributed by atoms with Gasteiger partial charge in [-0.15, -0.1) is 0 Å². The van der Waals surface area contributed by atoms with Crippen molar-refractivity contribution in [3.63, 3.8) is 0 Å². The van der Waals surface area contributed by atoms with E-state index in [9.17, 15) is 12.8 Å². The number of benzene rings is 1. The molecule has 1 heterocycles. The van der Waals surface area contributed by atoms with E-state index in [4.69, 9.17) is 9.47 Å². The molecular weight excluding hydrogens is 309 g/mol. The summed E-state index contributed by atoms with van der Waals surface area (Å²) in [5, 5.41) is 0. The molecule has 22 heavy (non-hydrogen) atoms. The van der Waals surface area contributed by atoms with Crippen LogP contribution in [0.5, 0.6) is 0 Å². The largest absolute Gasteiger partial charge is 0.384 e. The van der Waals surface area contributed by atoms with Gasteiger partial charge in [-0.25, -0.2) is 17.5 Å². The molecule has 0 amide bonds. The minimum Gasteiger partial charge on any atom is -0.384 e. The van der Waals surface area contributed by atoms with Crippen molar-refractivity contribution in [2.24, 2.45) is 11.8 Å². The predicted octanol–water partition coefficient (Wildman–Crippen LogP) is 1.46. The second-order valence-corrected chi connectivity index (χ2v) is 7.65. The molecule has 1 aliphatic carbocycles. The summed E-state index contributed by atoms with van der Waals surface area (Å²) in [5.74, 6) is -0.231. The molecule has 0 unspecified atom stereocenters. The molecule has 7 heteroatoms. The van der Waals surface area contributed by atoms with Gasteiger partial charge in [0.1, 0.15) is 5.82 Å². The number of halogens is 1. The Morgan fingerprint density at radius 2 is 2.23 bits per heavy atom. The highest BCUT2D eigenvalue weighted by Gasteiger charge is 2.55. The number of hydrogen-bond donors (Lipinski definition) is 1. The van der Waals surface area contributed by atoms with Crippen molar-refractivity contribution >= 4 is 10.0 Å². The fourth-order valence-corrected chi connectivity index (χ4v) is 5.12. The van der Waals surface area contributed by atoms with Gasteiger partial charge in [-0.2, -0.15) is 0 Å². The molecule has 0 spiro atoms. The summed E-state index contributed by atoms with van der Waals surface area (Å²) in [5.41, 5.74) is 0.398. The van der Waals surface area contributed by atoms with Crippen LogP contribution in [0, 0.1) is 24.6 Å². The number of methoxy groups -OCH3 is 1. The highest BCUT2D eigenvalue weighted by Crippen LogP contribution is 2.44. The van der Waals surface area contributed by atoms with Crippen molar-refractivity contribution in [2.45, 2.75) is 30.4 Å². The van der Waals surface area contributed by atoms with E-state index >= 15 is 0 Å². The maximum atomic E-state index is 13.2. The van der Waals surface area contributed by atoms with Crippen molar-refractivity contribution in [1.82, 2.24) is 4.72 Å². The number of hydrogen-bond acceptors (Lipinski definition) is 4. The molecule has 1 aliphatic heterocycles. The molecule has 2 aliphatic rings. The van der Waals surface area contributed by atoms with Crippen LogP contribution in [0.4, 0.5) is 4.39 Å². The first-order valence-corrected chi connectivity index (χ1v) is 8.81. The summed E-state index contributed by atoms with van der Waals surface area (Å²) < 4.78 is 51.9. The van der Waals surface area contributed by atoms with Gasteiger partial charge >= 0.3 is 0 Å². The molecule has 2 fully saturated rings. The number of fused-ring (bicyclic) bond motifs is 1. The van der Waals surface area contributed by atoms with Crippen molar-refractivity contribution in [1.29, 1.82) is 0 Å². The topological polar surface area (TPSA) is 64.6 Å². The molecule has 1 aromatic carbocycles. The predicted molar refractivity (Wildman–Crippen MR) is 78.5 cm³/mol. The lowest BCUT2D eigenvalue weighted by atomic mass is 9.68. The minimum atomic E-state index is -3.69. The Labute approximate surface area is 129 Å². The van der Waals surface area contributed by atoms with E-state index in [1.165, 1.54) is 12.1 Å². The number of aryl methyl sites for hydroxylation is 1. The van der Waals surface area contributed by atoms with E-state index in [1.54, 1.807) is 14.0 Å². The van der Waals surface area contributed by atoms with Crippen LogP contribution in [-0.4, -0.2) is 40.9 Å². The van der Waals surface area contributed by atoms with Crippen LogP contribution in [-0.2, 0) is 19.5 Å². The monoisotopic (exact) mass is 329 g/mol. The molecule has 1 N–H and O–H groups in total. The van der Waals surface area contributed by atoms with Crippen molar-refractivity contribution in [2.75, 3.05) is 20.3 Å². The molecule has 1 saturated heterocycles. The van der Waals surface area contributed by atoms with Crippen LogP contribution in [0.1, 0.15) is 12.0 Å².